The Bertz CT molecular complexity index is 654. The van der Waals surface area contributed by atoms with Gasteiger partial charge in [-0.15, -0.1) is 0 Å². The first-order valence-electron chi connectivity index (χ1n) is 6.56. The Morgan fingerprint density at radius 2 is 2.38 bits per heavy atom. The molecule has 0 spiro atoms. The van der Waals surface area contributed by atoms with Crippen LogP contribution in [0, 0.1) is 0 Å². The first kappa shape index (κ1) is 13.2. The largest absolute Gasteiger partial charge is 0.463 e. The minimum Gasteiger partial charge on any atom is -0.463 e. The third-order valence-corrected chi connectivity index (χ3v) is 3.14. The molecule has 2 N–H and O–H groups in total. The van der Waals surface area contributed by atoms with Crippen molar-refractivity contribution in [2.24, 2.45) is 0 Å². The van der Waals surface area contributed by atoms with Gasteiger partial charge in [-0.3, -0.25) is 4.98 Å². The molecule has 1 aliphatic rings. The SMILES string of the molecule is O=C1NCCN1C(=O)NCc1ccnc(-c2ccco2)c1. The highest BCUT2D eigenvalue weighted by atomic mass is 16.3. The molecule has 7 heteroatoms. The van der Waals surface area contributed by atoms with Crippen LogP contribution in [-0.2, 0) is 6.54 Å². The van der Waals surface area contributed by atoms with E-state index in [-0.39, 0.29) is 6.03 Å². The van der Waals surface area contributed by atoms with E-state index in [1.54, 1.807) is 24.6 Å². The third kappa shape index (κ3) is 2.86. The zero-order chi connectivity index (χ0) is 14.7. The van der Waals surface area contributed by atoms with Gasteiger partial charge in [0.05, 0.1) is 6.26 Å². The lowest BCUT2D eigenvalue weighted by molar-refractivity contribution is 0.198. The van der Waals surface area contributed by atoms with Gasteiger partial charge in [0.15, 0.2) is 5.76 Å². The predicted molar refractivity (Wildman–Crippen MR) is 74.3 cm³/mol. The number of imide groups is 1. The average molecular weight is 286 g/mol. The first-order chi connectivity index (χ1) is 10.2. The summed E-state index contributed by atoms with van der Waals surface area (Å²) in [6.07, 6.45) is 3.24. The van der Waals surface area contributed by atoms with E-state index in [0.717, 1.165) is 10.5 Å². The van der Waals surface area contributed by atoms with Gasteiger partial charge in [-0.1, -0.05) is 0 Å². The Balaban J connectivity index is 1.64. The molecule has 108 valence electrons. The summed E-state index contributed by atoms with van der Waals surface area (Å²) < 4.78 is 5.28. The number of amides is 4. The molecule has 21 heavy (non-hydrogen) atoms. The topological polar surface area (TPSA) is 87.5 Å². The lowest BCUT2D eigenvalue weighted by Gasteiger charge is -2.13. The number of urea groups is 2. The number of carbonyl (C=O) groups is 2. The van der Waals surface area contributed by atoms with Crippen LogP contribution in [0.1, 0.15) is 5.56 Å². The van der Waals surface area contributed by atoms with E-state index in [0.29, 0.717) is 31.1 Å². The number of furan rings is 1. The molecule has 3 rings (SSSR count). The minimum absolute atomic E-state index is 0.318. The number of nitrogens with zero attached hydrogens (tertiary/aromatic N) is 2. The van der Waals surface area contributed by atoms with Gasteiger partial charge in [-0.2, -0.15) is 0 Å². The van der Waals surface area contributed by atoms with Gasteiger partial charge in [0.2, 0.25) is 0 Å². The van der Waals surface area contributed by atoms with Crippen LogP contribution in [-0.4, -0.2) is 35.0 Å². The third-order valence-electron chi connectivity index (χ3n) is 3.14. The Hall–Kier alpha value is -2.83. The maximum atomic E-state index is 11.9. The van der Waals surface area contributed by atoms with Gasteiger partial charge in [-0.25, -0.2) is 14.5 Å². The van der Waals surface area contributed by atoms with E-state index in [9.17, 15) is 9.59 Å². The Morgan fingerprint density at radius 1 is 1.48 bits per heavy atom. The Morgan fingerprint density at radius 3 is 3.10 bits per heavy atom. The number of aromatic nitrogens is 1. The lowest BCUT2D eigenvalue weighted by Crippen LogP contribution is -2.41. The van der Waals surface area contributed by atoms with Crippen molar-refractivity contribution in [2.45, 2.75) is 6.54 Å². The Labute approximate surface area is 121 Å². The van der Waals surface area contributed by atoms with Gasteiger partial charge >= 0.3 is 12.1 Å². The van der Waals surface area contributed by atoms with Crippen molar-refractivity contribution in [3.8, 4) is 11.5 Å². The van der Waals surface area contributed by atoms with Crippen LogP contribution in [0.25, 0.3) is 11.5 Å². The second-order valence-electron chi connectivity index (χ2n) is 4.57. The minimum atomic E-state index is -0.402. The molecular formula is C14H14N4O3. The molecule has 1 aliphatic heterocycles. The molecule has 1 fully saturated rings. The van der Waals surface area contributed by atoms with Crippen molar-refractivity contribution in [1.29, 1.82) is 0 Å². The monoisotopic (exact) mass is 286 g/mol. The molecule has 0 unspecified atom stereocenters. The van der Waals surface area contributed by atoms with E-state index in [1.807, 2.05) is 12.1 Å². The van der Waals surface area contributed by atoms with Crippen LogP contribution in [0.15, 0.2) is 41.1 Å². The smallest absolute Gasteiger partial charge is 0.325 e. The fourth-order valence-corrected chi connectivity index (χ4v) is 2.08. The molecule has 2 aromatic rings. The number of hydrogen-bond donors (Lipinski definition) is 2. The van der Waals surface area contributed by atoms with Crippen LogP contribution < -0.4 is 10.6 Å². The van der Waals surface area contributed by atoms with E-state index >= 15 is 0 Å². The molecule has 0 bridgehead atoms. The lowest BCUT2D eigenvalue weighted by atomic mass is 10.2. The normalized spacial score (nSPS) is 14.1. The number of carbonyl (C=O) groups excluding carboxylic acids is 2. The van der Waals surface area contributed by atoms with Crippen LogP contribution in [0.4, 0.5) is 9.59 Å². The highest BCUT2D eigenvalue weighted by Gasteiger charge is 2.25. The van der Waals surface area contributed by atoms with Crippen molar-refractivity contribution >= 4 is 12.1 Å². The molecule has 0 radical (unpaired) electrons. The number of rotatable bonds is 3. The molecule has 2 aromatic heterocycles. The number of pyridine rings is 1. The van der Waals surface area contributed by atoms with Gasteiger partial charge in [0, 0.05) is 25.8 Å². The fourth-order valence-electron chi connectivity index (χ4n) is 2.08. The number of nitrogens with one attached hydrogen (secondary N) is 2. The summed E-state index contributed by atoms with van der Waals surface area (Å²) in [5, 5.41) is 5.29. The molecule has 0 aromatic carbocycles. The van der Waals surface area contributed by atoms with Crippen LogP contribution in [0.3, 0.4) is 0 Å². The number of hydrogen-bond acceptors (Lipinski definition) is 4. The zero-order valence-electron chi connectivity index (χ0n) is 11.2. The van der Waals surface area contributed by atoms with Gasteiger partial charge in [-0.05, 0) is 29.8 Å². The molecule has 0 aliphatic carbocycles. The summed E-state index contributed by atoms with van der Waals surface area (Å²) in [4.78, 5) is 28.6. The van der Waals surface area contributed by atoms with Crippen LogP contribution >= 0.6 is 0 Å². The van der Waals surface area contributed by atoms with E-state index < -0.39 is 6.03 Å². The molecule has 4 amide bonds. The summed E-state index contributed by atoms with van der Waals surface area (Å²) in [6.45, 7) is 1.20. The maximum Gasteiger partial charge on any atom is 0.325 e. The summed E-state index contributed by atoms with van der Waals surface area (Å²) in [5.74, 6) is 0.669. The maximum absolute atomic E-state index is 11.9. The average Bonchev–Trinajstić information content (AvgIpc) is 3.16. The van der Waals surface area contributed by atoms with Crippen molar-refractivity contribution in [1.82, 2.24) is 20.5 Å². The standard InChI is InChI=1S/C14H14N4O3/c19-13-16-5-6-18(13)14(20)17-9-10-3-4-15-11(8-10)12-2-1-7-21-12/h1-4,7-8H,5-6,9H2,(H,16,19)(H,17,20). The first-order valence-corrected chi connectivity index (χ1v) is 6.56. The second-order valence-corrected chi connectivity index (χ2v) is 4.57. The molecule has 1 saturated heterocycles. The Kier molecular flexibility index (Phi) is 3.55. The van der Waals surface area contributed by atoms with E-state index in [4.69, 9.17) is 4.42 Å². The van der Waals surface area contributed by atoms with Gasteiger partial charge in [0.25, 0.3) is 0 Å². The van der Waals surface area contributed by atoms with E-state index in [2.05, 4.69) is 15.6 Å². The second kappa shape index (κ2) is 5.66. The van der Waals surface area contributed by atoms with Crippen molar-refractivity contribution in [3.05, 3.63) is 42.3 Å². The zero-order valence-corrected chi connectivity index (χ0v) is 11.2. The summed E-state index contributed by atoms with van der Waals surface area (Å²) in [7, 11) is 0. The quantitative estimate of drug-likeness (QED) is 0.896. The summed E-state index contributed by atoms with van der Waals surface area (Å²) in [6, 6.07) is 6.48. The molecule has 0 atom stereocenters. The van der Waals surface area contributed by atoms with Gasteiger partial charge < -0.3 is 15.1 Å². The highest BCUT2D eigenvalue weighted by Crippen LogP contribution is 2.17. The highest BCUT2D eigenvalue weighted by molar-refractivity contribution is 5.94. The fraction of sp³-hybridized carbons (Fsp3) is 0.214. The van der Waals surface area contributed by atoms with Crippen LogP contribution in [0.5, 0.6) is 0 Å². The summed E-state index contributed by atoms with van der Waals surface area (Å²) in [5.41, 5.74) is 1.58. The van der Waals surface area contributed by atoms with Crippen molar-refractivity contribution in [3.63, 3.8) is 0 Å². The van der Waals surface area contributed by atoms with E-state index in [1.165, 1.54) is 0 Å². The molecule has 0 saturated carbocycles. The van der Waals surface area contributed by atoms with Crippen molar-refractivity contribution < 1.29 is 14.0 Å². The predicted octanol–water partition coefficient (Wildman–Crippen LogP) is 1.58. The molecule has 3 heterocycles. The van der Waals surface area contributed by atoms with Crippen molar-refractivity contribution in [2.75, 3.05) is 13.1 Å². The van der Waals surface area contributed by atoms with Gasteiger partial charge in [0.1, 0.15) is 5.69 Å². The molecule has 7 nitrogen and oxygen atoms in total. The molecular weight excluding hydrogens is 272 g/mol. The summed E-state index contributed by atoms with van der Waals surface area (Å²) >= 11 is 0. The van der Waals surface area contributed by atoms with Crippen LogP contribution in [0.2, 0.25) is 0 Å².